The van der Waals surface area contributed by atoms with Crippen molar-refractivity contribution >= 4 is 6.09 Å². The van der Waals surface area contributed by atoms with Crippen molar-refractivity contribution in [3.63, 3.8) is 0 Å². The fourth-order valence-corrected chi connectivity index (χ4v) is 2.92. The summed E-state index contributed by atoms with van der Waals surface area (Å²) in [6, 6.07) is 7.27. The normalized spacial score (nSPS) is 20.1. The Morgan fingerprint density at radius 3 is 2.39 bits per heavy atom. The molecule has 1 unspecified atom stereocenters. The number of halogens is 1. The Hall–Kier alpha value is -1.62. The van der Waals surface area contributed by atoms with Crippen LogP contribution in [-0.4, -0.2) is 35.7 Å². The molecule has 0 bridgehead atoms. The Kier molecular flexibility index (Phi) is 4.32. The number of benzene rings is 1. The fourth-order valence-electron chi connectivity index (χ4n) is 2.92. The number of nitrogens with zero attached hydrogens (tertiary/aromatic N) is 1. The summed E-state index contributed by atoms with van der Waals surface area (Å²) in [5, 5.41) is 3.63. The van der Waals surface area contributed by atoms with Crippen LogP contribution in [0.4, 0.5) is 9.18 Å². The number of rotatable bonds is 4. The van der Waals surface area contributed by atoms with E-state index in [1.165, 1.54) is 25.0 Å². The molecule has 0 radical (unpaired) electrons. The van der Waals surface area contributed by atoms with Gasteiger partial charge in [-0.15, -0.1) is 0 Å². The SMILES string of the molecule is CC(C)(C)OC(=O)N1CC(NC(c2ccc(F)cc2)C2CC2)C1. The van der Waals surface area contributed by atoms with E-state index in [9.17, 15) is 9.18 Å². The molecule has 3 rings (SSSR count). The maximum Gasteiger partial charge on any atom is 0.410 e. The Morgan fingerprint density at radius 1 is 1.26 bits per heavy atom. The molecule has 1 aromatic carbocycles. The first-order valence-electron chi connectivity index (χ1n) is 8.31. The van der Waals surface area contributed by atoms with Crippen LogP contribution in [0.25, 0.3) is 0 Å². The molecular weight excluding hydrogens is 295 g/mol. The van der Waals surface area contributed by atoms with Gasteiger partial charge in [0.05, 0.1) is 0 Å². The molecule has 1 amide bonds. The van der Waals surface area contributed by atoms with Crippen LogP contribution in [0.1, 0.15) is 45.2 Å². The second-order valence-corrected chi connectivity index (χ2v) is 7.62. The number of nitrogens with one attached hydrogen (secondary N) is 1. The third-order valence-electron chi connectivity index (χ3n) is 4.27. The molecule has 0 aromatic heterocycles. The zero-order valence-electron chi connectivity index (χ0n) is 14.0. The summed E-state index contributed by atoms with van der Waals surface area (Å²) in [5.74, 6) is 0.416. The predicted octanol–water partition coefficient (Wildman–Crippen LogP) is 3.49. The minimum Gasteiger partial charge on any atom is -0.444 e. The first-order chi connectivity index (χ1) is 10.8. The maximum absolute atomic E-state index is 13.1. The van der Waals surface area contributed by atoms with Crippen LogP contribution in [0.3, 0.4) is 0 Å². The first kappa shape index (κ1) is 16.2. The molecule has 1 N–H and O–H groups in total. The molecule has 126 valence electrons. The summed E-state index contributed by atoms with van der Waals surface area (Å²) >= 11 is 0. The summed E-state index contributed by atoms with van der Waals surface area (Å²) in [6.07, 6.45) is 2.16. The van der Waals surface area contributed by atoms with E-state index in [0.717, 1.165) is 5.56 Å². The quantitative estimate of drug-likeness (QED) is 0.923. The van der Waals surface area contributed by atoms with Crippen molar-refractivity contribution in [3.05, 3.63) is 35.6 Å². The van der Waals surface area contributed by atoms with E-state index in [1.807, 2.05) is 32.9 Å². The van der Waals surface area contributed by atoms with E-state index in [0.29, 0.717) is 19.0 Å². The Balaban J connectivity index is 1.53. The van der Waals surface area contributed by atoms with Gasteiger partial charge >= 0.3 is 6.09 Å². The van der Waals surface area contributed by atoms with E-state index in [4.69, 9.17) is 4.74 Å². The third-order valence-corrected chi connectivity index (χ3v) is 4.27. The van der Waals surface area contributed by atoms with E-state index < -0.39 is 5.60 Å². The van der Waals surface area contributed by atoms with Gasteiger partial charge in [0.15, 0.2) is 0 Å². The molecule has 2 fully saturated rings. The molecule has 1 saturated heterocycles. The van der Waals surface area contributed by atoms with Crippen LogP contribution >= 0.6 is 0 Å². The molecule has 4 nitrogen and oxygen atoms in total. The largest absolute Gasteiger partial charge is 0.444 e. The zero-order chi connectivity index (χ0) is 16.6. The lowest BCUT2D eigenvalue weighted by Gasteiger charge is -2.42. The minimum atomic E-state index is -0.458. The summed E-state index contributed by atoms with van der Waals surface area (Å²) in [4.78, 5) is 13.7. The number of amides is 1. The average Bonchev–Trinajstić information content (AvgIpc) is 3.21. The topological polar surface area (TPSA) is 41.6 Å². The molecule has 1 saturated carbocycles. The highest BCUT2D eigenvalue weighted by Gasteiger charge is 2.39. The minimum absolute atomic E-state index is 0.206. The third kappa shape index (κ3) is 4.22. The second kappa shape index (κ2) is 6.11. The predicted molar refractivity (Wildman–Crippen MR) is 86.6 cm³/mol. The molecule has 0 spiro atoms. The van der Waals surface area contributed by atoms with Crippen LogP contribution in [0.2, 0.25) is 0 Å². The number of hydrogen-bond donors (Lipinski definition) is 1. The van der Waals surface area contributed by atoms with Crippen molar-refractivity contribution in [1.82, 2.24) is 10.2 Å². The maximum atomic E-state index is 13.1. The number of ether oxygens (including phenoxy) is 1. The van der Waals surface area contributed by atoms with Crippen molar-refractivity contribution in [1.29, 1.82) is 0 Å². The smallest absolute Gasteiger partial charge is 0.410 e. The average molecular weight is 320 g/mol. The highest BCUT2D eigenvalue weighted by atomic mass is 19.1. The van der Waals surface area contributed by atoms with Crippen molar-refractivity contribution in [3.8, 4) is 0 Å². The summed E-state index contributed by atoms with van der Waals surface area (Å²) in [7, 11) is 0. The molecule has 1 aliphatic heterocycles. The Labute approximate surface area is 137 Å². The van der Waals surface area contributed by atoms with Crippen LogP contribution < -0.4 is 5.32 Å². The van der Waals surface area contributed by atoms with Gasteiger partial charge in [-0.3, -0.25) is 0 Å². The second-order valence-electron chi connectivity index (χ2n) is 7.62. The van der Waals surface area contributed by atoms with Crippen LogP contribution in [0, 0.1) is 11.7 Å². The summed E-state index contributed by atoms with van der Waals surface area (Å²) in [5.41, 5.74) is 0.671. The Bertz CT molecular complexity index is 557. The van der Waals surface area contributed by atoms with Crippen molar-refractivity contribution in [2.24, 2.45) is 5.92 Å². The molecule has 5 heteroatoms. The zero-order valence-corrected chi connectivity index (χ0v) is 14.0. The summed E-state index contributed by atoms with van der Waals surface area (Å²) in [6.45, 7) is 6.95. The molecular formula is C18H25FN2O2. The summed E-state index contributed by atoms with van der Waals surface area (Å²) < 4.78 is 18.5. The lowest BCUT2D eigenvalue weighted by atomic mass is 9.99. The van der Waals surface area contributed by atoms with Gasteiger partial charge in [0.1, 0.15) is 11.4 Å². The highest BCUT2D eigenvalue weighted by molar-refractivity contribution is 5.69. The van der Waals surface area contributed by atoms with Gasteiger partial charge in [0, 0.05) is 25.2 Å². The van der Waals surface area contributed by atoms with Gasteiger partial charge in [-0.05, 0) is 57.2 Å². The first-order valence-corrected chi connectivity index (χ1v) is 8.31. The highest BCUT2D eigenvalue weighted by Crippen LogP contribution is 2.41. The number of carbonyl (C=O) groups excluding carboxylic acids is 1. The van der Waals surface area contributed by atoms with Gasteiger partial charge in [0.25, 0.3) is 0 Å². The van der Waals surface area contributed by atoms with E-state index in [2.05, 4.69) is 5.32 Å². The van der Waals surface area contributed by atoms with E-state index >= 15 is 0 Å². The molecule has 1 aliphatic carbocycles. The van der Waals surface area contributed by atoms with Gasteiger partial charge in [-0.2, -0.15) is 0 Å². The van der Waals surface area contributed by atoms with Crippen molar-refractivity contribution in [2.45, 2.75) is 51.3 Å². The van der Waals surface area contributed by atoms with Crippen LogP contribution in [-0.2, 0) is 4.74 Å². The van der Waals surface area contributed by atoms with E-state index in [-0.39, 0.29) is 24.0 Å². The Morgan fingerprint density at radius 2 is 1.87 bits per heavy atom. The van der Waals surface area contributed by atoms with Gasteiger partial charge in [-0.1, -0.05) is 12.1 Å². The van der Waals surface area contributed by atoms with Crippen LogP contribution in [0.5, 0.6) is 0 Å². The lowest BCUT2D eigenvalue weighted by Crippen LogP contribution is -2.61. The van der Waals surface area contributed by atoms with Gasteiger partial charge < -0.3 is 15.0 Å². The number of likely N-dealkylation sites (tertiary alicyclic amines) is 1. The number of hydrogen-bond acceptors (Lipinski definition) is 3. The lowest BCUT2D eigenvalue weighted by molar-refractivity contribution is 0.00384. The van der Waals surface area contributed by atoms with Gasteiger partial charge in [-0.25, -0.2) is 9.18 Å². The molecule has 1 heterocycles. The molecule has 23 heavy (non-hydrogen) atoms. The number of carbonyl (C=O) groups is 1. The van der Waals surface area contributed by atoms with Crippen LogP contribution in [0.15, 0.2) is 24.3 Å². The molecule has 1 aromatic rings. The van der Waals surface area contributed by atoms with Gasteiger partial charge in [0.2, 0.25) is 0 Å². The standard InChI is InChI=1S/C18H25FN2O2/c1-18(2,3)23-17(22)21-10-15(11-21)20-16(12-4-5-12)13-6-8-14(19)9-7-13/h6-9,12,15-16,20H,4-5,10-11H2,1-3H3. The molecule has 1 atom stereocenters. The van der Waals surface area contributed by atoms with Crippen molar-refractivity contribution in [2.75, 3.05) is 13.1 Å². The monoisotopic (exact) mass is 320 g/mol. The van der Waals surface area contributed by atoms with Crippen molar-refractivity contribution < 1.29 is 13.9 Å². The molecule has 2 aliphatic rings. The van der Waals surface area contributed by atoms with E-state index in [1.54, 1.807) is 4.90 Å². The fraction of sp³-hybridized carbons (Fsp3) is 0.611.